The van der Waals surface area contributed by atoms with Crippen molar-refractivity contribution in [2.24, 2.45) is 0 Å². The van der Waals surface area contributed by atoms with E-state index in [-0.39, 0.29) is 11.9 Å². The van der Waals surface area contributed by atoms with Crippen LogP contribution in [0.5, 0.6) is 0 Å². The first-order valence-corrected chi connectivity index (χ1v) is 9.21. The van der Waals surface area contributed by atoms with Gasteiger partial charge in [-0.15, -0.1) is 5.10 Å². The van der Waals surface area contributed by atoms with E-state index in [9.17, 15) is 4.79 Å². The van der Waals surface area contributed by atoms with Crippen LogP contribution in [0.4, 0.5) is 0 Å². The SMILES string of the molecule is Cc1ccc(-c2nnsc2C(=O)NC2CCCCCCC2)cc1. The molecule has 0 bridgehead atoms. The molecule has 0 spiro atoms. The third-order valence-corrected chi connectivity index (χ3v) is 5.18. The highest BCUT2D eigenvalue weighted by Gasteiger charge is 2.21. The summed E-state index contributed by atoms with van der Waals surface area (Å²) in [5, 5.41) is 7.37. The Kier molecular flexibility index (Phi) is 5.39. The van der Waals surface area contributed by atoms with Gasteiger partial charge in [-0.3, -0.25) is 4.79 Å². The number of benzene rings is 1. The van der Waals surface area contributed by atoms with Crippen molar-refractivity contribution >= 4 is 17.4 Å². The normalized spacial score (nSPS) is 16.6. The van der Waals surface area contributed by atoms with Crippen molar-refractivity contribution in [2.45, 2.75) is 57.9 Å². The second kappa shape index (κ2) is 7.68. The molecule has 2 aromatic rings. The summed E-state index contributed by atoms with van der Waals surface area (Å²) in [5.74, 6) is -0.0267. The van der Waals surface area contributed by atoms with Crippen LogP contribution >= 0.6 is 11.5 Å². The van der Waals surface area contributed by atoms with Gasteiger partial charge in [0.2, 0.25) is 0 Å². The highest BCUT2D eigenvalue weighted by molar-refractivity contribution is 7.08. The van der Waals surface area contributed by atoms with Crippen LogP contribution in [0.2, 0.25) is 0 Å². The van der Waals surface area contributed by atoms with E-state index < -0.39 is 0 Å². The minimum atomic E-state index is -0.0267. The Labute approximate surface area is 141 Å². The van der Waals surface area contributed by atoms with Crippen molar-refractivity contribution in [1.82, 2.24) is 14.9 Å². The lowest BCUT2D eigenvalue weighted by Crippen LogP contribution is -2.35. The molecule has 1 saturated carbocycles. The van der Waals surface area contributed by atoms with Crippen LogP contribution in [0, 0.1) is 6.92 Å². The lowest BCUT2D eigenvalue weighted by atomic mass is 9.96. The average Bonchev–Trinajstić information content (AvgIpc) is 3.00. The van der Waals surface area contributed by atoms with Crippen LogP contribution in [0.1, 0.15) is 60.2 Å². The van der Waals surface area contributed by atoms with E-state index in [1.807, 2.05) is 31.2 Å². The van der Waals surface area contributed by atoms with E-state index in [2.05, 4.69) is 14.9 Å². The zero-order chi connectivity index (χ0) is 16.1. The largest absolute Gasteiger partial charge is 0.348 e. The summed E-state index contributed by atoms with van der Waals surface area (Å²) in [5.41, 5.74) is 2.84. The van der Waals surface area contributed by atoms with Gasteiger partial charge in [-0.1, -0.05) is 66.4 Å². The van der Waals surface area contributed by atoms with Crippen LogP contribution < -0.4 is 5.32 Å². The van der Waals surface area contributed by atoms with E-state index >= 15 is 0 Å². The Balaban J connectivity index is 1.72. The molecule has 1 fully saturated rings. The third kappa shape index (κ3) is 4.16. The minimum Gasteiger partial charge on any atom is -0.348 e. The summed E-state index contributed by atoms with van der Waals surface area (Å²) in [6.07, 6.45) is 8.46. The van der Waals surface area contributed by atoms with E-state index in [1.54, 1.807) is 0 Å². The molecule has 0 saturated heterocycles. The Morgan fingerprint density at radius 3 is 2.43 bits per heavy atom. The third-order valence-electron chi connectivity index (χ3n) is 4.46. The smallest absolute Gasteiger partial charge is 0.265 e. The van der Waals surface area contributed by atoms with Crippen molar-refractivity contribution in [3.05, 3.63) is 34.7 Å². The fraction of sp³-hybridized carbons (Fsp3) is 0.500. The topological polar surface area (TPSA) is 54.9 Å². The molecule has 23 heavy (non-hydrogen) atoms. The van der Waals surface area contributed by atoms with E-state index in [4.69, 9.17) is 0 Å². The molecule has 1 aliphatic carbocycles. The van der Waals surface area contributed by atoms with E-state index in [0.29, 0.717) is 10.6 Å². The second-order valence-corrected chi connectivity index (χ2v) is 7.09. The predicted molar refractivity (Wildman–Crippen MR) is 93.7 cm³/mol. The maximum Gasteiger partial charge on any atom is 0.265 e. The zero-order valence-electron chi connectivity index (χ0n) is 13.5. The summed E-state index contributed by atoms with van der Waals surface area (Å²) in [4.78, 5) is 13.3. The minimum absolute atomic E-state index is 0.0267. The quantitative estimate of drug-likeness (QED) is 0.910. The second-order valence-electron chi connectivity index (χ2n) is 6.33. The molecular formula is C18H23N3OS. The number of nitrogens with one attached hydrogen (secondary N) is 1. The summed E-state index contributed by atoms with van der Waals surface area (Å²) in [6.45, 7) is 2.05. The van der Waals surface area contributed by atoms with Gasteiger partial charge in [0.05, 0.1) is 0 Å². The number of carbonyl (C=O) groups is 1. The summed E-state index contributed by atoms with van der Waals surface area (Å²) >= 11 is 1.18. The molecular weight excluding hydrogens is 306 g/mol. The number of hydrogen-bond donors (Lipinski definition) is 1. The number of nitrogens with zero attached hydrogens (tertiary/aromatic N) is 2. The van der Waals surface area contributed by atoms with E-state index in [1.165, 1.54) is 49.2 Å². The molecule has 1 aliphatic rings. The summed E-state index contributed by atoms with van der Waals surface area (Å²) in [6, 6.07) is 8.35. The van der Waals surface area contributed by atoms with Crippen LogP contribution in [0.15, 0.2) is 24.3 Å². The zero-order valence-corrected chi connectivity index (χ0v) is 14.4. The van der Waals surface area contributed by atoms with Gasteiger partial charge in [-0.2, -0.15) is 0 Å². The van der Waals surface area contributed by atoms with E-state index in [0.717, 1.165) is 18.4 Å². The molecule has 1 N–H and O–H groups in total. The number of hydrogen-bond acceptors (Lipinski definition) is 4. The highest BCUT2D eigenvalue weighted by atomic mass is 32.1. The molecule has 1 aromatic heterocycles. The average molecular weight is 329 g/mol. The number of aryl methyl sites for hydroxylation is 1. The molecule has 0 radical (unpaired) electrons. The highest BCUT2D eigenvalue weighted by Crippen LogP contribution is 2.25. The molecule has 5 heteroatoms. The van der Waals surface area contributed by atoms with Gasteiger partial charge in [-0.25, -0.2) is 0 Å². The fourth-order valence-electron chi connectivity index (χ4n) is 3.09. The molecule has 0 atom stereocenters. The molecule has 1 aromatic carbocycles. The molecule has 1 amide bonds. The number of amides is 1. The van der Waals surface area contributed by atoms with Crippen molar-refractivity contribution in [2.75, 3.05) is 0 Å². The van der Waals surface area contributed by atoms with Crippen LogP contribution in [0.3, 0.4) is 0 Å². The Bertz CT molecular complexity index is 643. The standard InChI is InChI=1S/C18H23N3OS/c1-13-9-11-14(12-10-13)16-17(23-21-20-16)18(22)19-15-7-5-3-2-4-6-8-15/h9-12,15H,2-8H2,1H3,(H,19,22). The molecule has 4 nitrogen and oxygen atoms in total. The lowest BCUT2D eigenvalue weighted by Gasteiger charge is -2.20. The Morgan fingerprint density at radius 2 is 1.74 bits per heavy atom. The van der Waals surface area contributed by atoms with Gasteiger partial charge in [0, 0.05) is 11.6 Å². The van der Waals surface area contributed by atoms with Crippen LogP contribution in [-0.2, 0) is 0 Å². The monoisotopic (exact) mass is 329 g/mol. The van der Waals surface area contributed by atoms with Gasteiger partial charge in [0.1, 0.15) is 10.6 Å². The van der Waals surface area contributed by atoms with Crippen molar-refractivity contribution in [3.8, 4) is 11.3 Å². The lowest BCUT2D eigenvalue weighted by molar-refractivity contribution is 0.0935. The summed E-state index contributed by atoms with van der Waals surface area (Å²) < 4.78 is 4.00. The molecule has 0 aliphatic heterocycles. The molecule has 3 rings (SSSR count). The van der Waals surface area contributed by atoms with Gasteiger partial charge in [0.15, 0.2) is 0 Å². The van der Waals surface area contributed by atoms with Gasteiger partial charge in [-0.05, 0) is 31.3 Å². The van der Waals surface area contributed by atoms with Gasteiger partial charge < -0.3 is 5.32 Å². The maximum absolute atomic E-state index is 12.7. The van der Waals surface area contributed by atoms with Crippen LogP contribution in [0.25, 0.3) is 11.3 Å². The fourth-order valence-corrected chi connectivity index (χ4v) is 3.68. The number of rotatable bonds is 3. The van der Waals surface area contributed by atoms with Gasteiger partial charge in [0.25, 0.3) is 5.91 Å². The first-order valence-electron chi connectivity index (χ1n) is 8.44. The Morgan fingerprint density at radius 1 is 1.09 bits per heavy atom. The maximum atomic E-state index is 12.7. The number of aromatic nitrogens is 2. The molecule has 1 heterocycles. The predicted octanol–water partition coefficient (Wildman–Crippen LogP) is 4.36. The van der Waals surface area contributed by atoms with Crippen molar-refractivity contribution in [3.63, 3.8) is 0 Å². The van der Waals surface area contributed by atoms with Gasteiger partial charge >= 0.3 is 0 Å². The van der Waals surface area contributed by atoms with Crippen LogP contribution in [-0.4, -0.2) is 21.5 Å². The van der Waals surface area contributed by atoms with Crippen molar-refractivity contribution < 1.29 is 4.79 Å². The molecule has 0 unspecified atom stereocenters. The molecule has 122 valence electrons. The first kappa shape index (κ1) is 16.1. The summed E-state index contributed by atoms with van der Waals surface area (Å²) in [7, 11) is 0. The Hall–Kier alpha value is -1.75. The first-order chi connectivity index (χ1) is 11.2. The number of carbonyl (C=O) groups excluding carboxylic acids is 1. The van der Waals surface area contributed by atoms with Crippen molar-refractivity contribution in [1.29, 1.82) is 0 Å².